The largest absolute Gasteiger partial charge is 0.351 e. The number of amides is 2. The van der Waals surface area contributed by atoms with Gasteiger partial charge in [0.1, 0.15) is 0 Å². The van der Waals surface area contributed by atoms with E-state index in [0.29, 0.717) is 5.91 Å². The second kappa shape index (κ2) is 4.90. The van der Waals surface area contributed by atoms with E-state index >= 15 is 0 Å². The fourth-order valence-electron chi connectivity index (χ4n) is 2.98. The summed E-state index contributed by atoms with van der Waals surface area (Å²) in [5, 5.41) is 3.11. The third kappa shape index (κ3) is 2.25. The highest BCUT2D eigenvalue weighted by Gasteiger charge is 2.35. The summed E-state index contributed by atoms with van der Waals surface area (Å²) < 4.78 is 0. The Morgan fingerprint density at radius 3 is 2.17 bits per heavy atom. The third-order valence-electron chi connectivity index (χ3n) is 4.78. The molecule has 4 heteroatoms. The quantitative estimate of drug-likeness (QED) is 0.821. The minimum atomic E-state index is 0.196. The van der Waals surface area contributed by atoms with Crippen LogP contribution in [0.25, 0.3) is 0 Å². The average Bonchev–Trinajstić information content (AvgIpc) is 2.60. The first kappa shape index (κ1) is 12.0. The highest BCUT2D eigenvalue weighted by Crippen LogP contribution is 2.30. The summed E-state index contributed by atoms with van der Waals surface area (Å²) in [7, 11) is 0. The van der Waals surface area contributed by atoms with E-state index in [9.17, 15) is 9.59 Å². The van der Waals surface area contributed by atoms with Gasteiger partial charge in [-0.1, -0.05) is 12.8 Å². The Morgan fingerprint density at radius 1 is 0.944 bits per heavy atom. The van der Waals surface area contributed by atoms with Crippen LogP contribution in [0.15, 0.2) is 0 Å². The molecule has 1 heterocycles. The Bertz CT molecular complexity index is 348. The summed E-state index contributed by atoms with van der Waals surface area (Å²) in [5.74, 6) is 1.07. The molecule has 1 saturated heterocycles. The molecule has 0 spiro atoms. The van der Waals surface area contributed by atoms with Crippen molar-refractivity contribution in [1.82, 2.24) is 10.2 Å². The van der Waals surface area contributed by atoms with Crippen LogP contribution >= 0.6 is 0 Å². The Hall–Kier alpha value is -1.06. The summed E-state index contributed by atoms with van der Waals surface area (Å²) in [5.41, 5.74) is 0. The molecule has 100 valence electrons. The number of rotatable bonds is 3. The molecule has 1 N–H and O–H groups in total. The molecule has 18 heavy (non-hydrogen) atoms. The van der Waals surface area contributed by atoms with Crippen molar-refractivity contribution < 1.29 is 9.59 Å². The number of carbonyl (C=O) groups is 2. The van der Waals surface area contributed by atoms with Crippen LogP contribution < -0.4 is 5.32 Å². The molecule has 1 atom stereocenters. The maximum Gasteiger partial charge on any atom is 0.225 e. The molecule has 1 aliphatic heterocycles. The molecule has 2 amide bonds. The molecule has 4 nitrogen and oxygen atoms in total. The number of hydrogen-bond donors (Lipinski definition) is 1. The predicted octanol–water partition coefficient (Wildman–Crippen LogP) is 1.30. The van der Waals surface area contributed by atoms with Crippen LogP contribution in [-0.2, 0) is 9.59 Å². The van der Waals surface area contributed by atoms with E-state index in [2.05, 4.69) is 5.32 Å². The van der Waals surface area contributed by atoms with E-state index in [4.69, 9.17) is 0 Å². The topological polar surface area (TPSA) is 49.4 Å². The standard InChI is InChI=1S/C14H22N2O2/c17-13(10-3-1-4-10)15-12-7-8-16(9-12)14(18)11-5-2-6-11/h10-12H,1-9H2,(H,15,17). The molecule has 2 aliphatic carbocycles. The molecule has 0 bridgehead atoms. The van der Waals surface area contributed by atoms with Gasteiger partial charge < -0.3 is 10.2 Å². The molecular weight excluding hydrogens is 228 g/mol. The Labute approximate surface area is 108 Å². The fourth-order valence-corrected chi connectivity index (χ4v) is 2.98. The zero-order chi connectivity index (χ0) is 12.5. The van der Waals surface area contributed by atoms with Gasteiger partial charge in [0.2, 0.25) is 11.8 Å². The predicted molar refractivity (Wildman–Crippen MR) is 67.8 cm³/mol. The highest BCUT2D eigenvalue weighted by atomic mass is 16.2. The lowest BCUT2D eigenvalue weighted by Crippen LogP contribution is -2.44. The molecule has 3 rings (SSSR count). The molecule has 3 aliphatic rings. The lowest BCUT2D eigenvalue weighted by Gasteiger charge is -2.29. The van der Waals surface area contributed by atoms with E-state index < -0.39 is 0 Å². The number of carbonyl (C=O) groups excluding carboxylic acids is 2. The van der Waals surface area contributed by atoms with Gasteiger partial charge in [0.05, 0.1) is 0 Å². The van der Waals surface area contributed by atoms with E-state index in [1.807, 2.05) is 4.90 Å². The lowest BCUT2D eigenvalue weighted by molar-refractivity contribution is -0.137. The summed E-state index contributed by atoms with van der Waals surface area (Å²) in [6, 6.07) is 0.196. The van der Waals surface area contributed by atoms with Crippen molar-refractivity contribution in [3.8, 4) is 0 Å². The maximum atomic E-state index is 12.1. The SMILES string of the molecule is O=C(NC1CCN(C(=O)C2CCC2)C1)C1CCC1. The second-order valence-corrected chi connectivity index (χ2v) is 6.03. The summed E-state index contributed by atoms with van der Waals surface area (Å²) in [4.78, 5) is 25.9. The lowest BCUT2D eigenvalue weighted by atomic mass is 9.84. The first-order valence-electron chi connectivity index (χ1n) is 7.33. The zero-order valence-electron chi connectivity index (χ0n) is 10.9. The van der Waals surface area contributed by atoms with Crippen LogP contribution in [0.5, 0.6) is 0 Å². The fraction of sp³-hybridized carbons (Fsp3) is 0.857. The minimum Gasteiger partial charge on any atom is -0.351 e. The molecular formula is C14H22N2O2. The van der Waals surface area contributed by atoms with Gasteiger partial charge in [0.15, 0.2) is 0 Å². The molecule has 0 aromatic heterocycles. The normalized spacial score (nSPS) is 28.7. The maximum absolute atomic E-state index is 12.1. The molecule has 2 saturated carbocycles. The van der Waals surface area contributed by atoms with E-state index in [0.717, 1.165) is 45.2 Å². The number of nitrogens with one attached hydrogen (secondary N) is 1. The Morgan fingerprint density at radius 2 is 1.61 bits per heavy atom. The van der Waals surface area contributed by atoms with E-state index in [-0.39, 0.29) is 23.8 Å². The summed E-state index contributed by atoms with van der Waals surface area (Å²) >= 11 is 0. The minimum absolute atomic E-state index is 0.196. The van der Waals surface area contributed by atoms with Crippen molar-refractivity contribution in [3.05, 3.63) is 0 Å². The molecule has 0 aromatic carbocycles. The molecule has 0 radical (unpaired) electrons. The number of likely N-dealkylation sites (tertiary alicyclic amines) is 1. The zero-order valence-corrected chi connectivity index (χ0v) is 10.9. The van der Waals surface area contributed by atoms with Gasteiger partial charge in [-0.3, -0.25) is 9.59 Å². The van der Waals surface area contributed by atoms with Crippen LogP contribution in [0.3, 0.4) is 0 Å². The summed E-state index contributed by atoms with van der Waals surface area (Å²) in [6.45, 7) is 1.55. The second-order valence-electron chi connectivity index (χ2n) is 6.03. The van der Waals surface area contributed by atoms with Gasteiger partial charge in [-0.15, -0.1) is 0 Å². The Balaban J connectivity index is 1.45. The van der Waals surface area contributed by atoms with Gasteiger partial charge in [-0.2, -0.15) is 0 Å². The van der Waals surface area contributed by atoms with Gasteiger partial charge in [0, 0.05) is 31.0 Å². The van der Waals surface area contributed by atoms with Gasteiger partial charge in [-0.25, -0.2) is 0 Å². The van der Waals surface area contributed by atoms with Crippen molar-refractivity contribution in [2.24, 2.45) is 11.8 Å². The first-order chi connectivity index (χ1) is 8.74. The van der Waals surface area contributed by atoms with Crippen LogP contribution in [0.4, 0.5) is 0 Å². The smallest absolute Gasteiger partial charge is 0.225 e. The van der Waals surface area contributed by atoms with Crippen molar-refractivity contribution in [3.63, 3.8) is 0 Å². The van der Waals surface area contributed by atoms with Crippen molar-refractivity contribution >= 4 is 11.8 Å². The van der Waals surface area contributed by atoms with Crippen molar-refractivity contribution in [2.75, 3.05) is 13.1 Å². The van der Waals surface area contributed by atoms with Crippen LogP contribution in [0, 0.1) is 11.8 Å². The average molecular weight is 250 g/mol. The Kier molecular flexibility index (Phi) is 3.27. The van der Waals surface area contributed by atoms with Gasteiger partial charge in [-0.05, 0) is 32.1 Å². The van der Waals surface area contributed by atoms with Gasteiger partial charge >= 0.3 is 0 Å². The monoisotopic (exact) mass is 250 g/mol. The van der Waals surface area contributed by atoms with Crippen LogP contribution in [0.1, 0.15) is 44.9 Å². The highest BCUT2D eigenvalue weighted by molar-refractivity contribution is 5.81. The van der Waals surface area contributed by atoms with E-state index in [1.54, 1.807) is 0 Å². The third-order valence-corrected chi connectivity index (χ3v) is 4.78. The number of nitrogens with zero attached hydrogens (tertiary/aromatic N) is 1. The van der Waals surface area contributed by atoms with Crippen LogP contribution in [0.2, 0.25) is 0 Å². The molecule has 0 aromatic rings. The van der Waals surface area contributed by atoms with Crippen molar-refractivity contribution in [1.29, 1.82) is 0 Å². The van der Waals surface area contributed by atoms with Crippen LogP contribution in [-0.4, -0.2) is 35.8 Å². The molecule has 3 fully saturated rings. The molecule has 1 unspecified atom stereocenters. The number of hydrogen-bond acceptors (Lipinski definition) is 2. The summed E-state index contributed by atoms with van der Waals surface area (Å²) in [6.07, 6.45) is 7.54. The van der Waals surface area contributed by atoms with Crippen molar-refractivity contribution in [2.45, 2.75) is 51.0 Å². The van der Waals surface area contributed by atoms with E-state index in [1.165, 1.54) is 12.8 Å². The first-order valence-corrected chi connectivity index (χ1v) is 7.33. The van der Waals surface area contributed by atoms with Gasteiger partial charge in [0.25, 0.3) is 0 Å².